The van der Waals surface area contributed by atoms with Gasteiger partial charge in [-0.3, -0.25) is 4.90 Å². The average Bonchev–Trinajstić information content (AvgIpc) is 2.35. The van der Waals surface area contributed by atoms with Gasteiger partial charge >= 0.3 is 0 Å². The van der Waals surface area contributed by atoms with Gasteiger partial charge in [-0.15, -0.1) is 6.58 Å². The summed E-state index contributed by atoms with van der Waals surface area (Å²) < 4.78 is 0. The monoisotopic (exact) mass is 270 g/mol. The van der Waals surface area contributed by atoms with Gasteiger partial charge in [0.1, 0.15) is 0 Å². The molecule has 1 rings (SSSR count). The summed E-state index contributed by atoms with van der Waals surface area (Å²) in [7, 11) is 0. The molecule has 1 N–H and O–H groups in total. The summed E-state index contributed by atoms with van der Waals surface area (Å²) in [5, 5.41) is 3.72. The normalized spacial score (nSPS) is 25.6. The second-order valence-electron chi connectivity index (χ2n) is 5.56. The Morgan fingerprint density at radius 3 is 2.89 bits per heavy atom. The van der Waals surface area contributed by atoms with E-state index in [-0.39, 0.29) is 0 Å². The van der Waals surface area contributed by atoms with Crippen LogP contribution in [0.2, 0.25) is 0 Å². The first-order chi connectivity index (χ1) is 8.69. The minimum absolute atomic E-state index is 0.703. The summed E-state index contributed by atoms with van der Waals surface area (Å²) in [5.41, 5.74) is 0. The predicted molar refractivity (Wildman–Crippen MR) is 84.4 cm³/mol. The van der Waals surface area contributed by atoms with Crippen LogP contribution in [0.25, 0.3) is 0 Å². The molecule has 18 heavy (non-hydrogen) atoms. The zero-order valence-electron chi connectivity index (χ0n) is 12.3. The zero-order valence-corrected chi connectivity index (χ0v) is 13.1. The first kappa shape index (κ1) is 16.1. The fraction of sp³-hybridized carbons (Fsp3) is 0.867. The number of rotatable bonds is 8. The van der Waals surface area contributed by atoms with Crippen LogP contribution in [0.1, 0.15) is 33.6 Å². The van der Waals surface area contributed by atoms with E-state index < -0.39 is 0 Å². The van der Waals surface area contributed by atoms with Crippen molar-refractivity contribution in [1.82, 2.24) is 10.2 Å². The molecule has 0 aromatic rings. The van der Waals surface area contributed by atoms with Gasteiger partial charge < -0.3 is 5.32 Å². The number of hydrogen-bond acceptors (Lipinski definition) is 3. The fourth-order valence-electron chi connectivity index (χ4n) is 2.70. The topological polar surface area (TPSA) is 15.3 Å². The lowest BCUT2D eigenvalue weighted by atomic mass is 9.97. The fourth-order valence-corrected chi connectivity index (χ4v) is 3.40. The maximum atomic E-state index is 3.78. The Balaban J connectivity index is 2.41. The van der Waals surface area contributed by atoms with Crippen LogP contribution in [0.3, 0.4) is 0 Å². The van der Waals surface area contributed by atoms with Crippen LogP contribution >= 0.6 is 11.8 Å². The molecule has 2 unspecified atom stereocenters. The summed E-state index contributed by atoms with van der Waals surface area (Å²) in [5.74, 6) is 3.05. The molecule has 106 valence electrons. The third kappa shape index (κ3) is 5.33. The summed E-state index contributed by atoms with van der Waals surface area (Å²) in [6.07, 6.45) is 4.59. The molecule has 1 heterocycles. The molecule has 0 bridgehead atoms. The maximum absolute atomic E-state index is 3.78. The lowest BCUT2D eigenvalue weighted by molar-refractivity contribution is 0.103. The predicted octanol–water partition coefficient (Wildman–Crippen LogP) is 3.00. The van der Waals surface area contributed by atoms with Gasteiger partial charge in [0, 0.05) is 43.2 Å². The molecule has 1 fully saturated rings. The van der Waals surface area contributed by atoms with Gasteiger partial charge in [0.25, 0.3) is 0 Å². The second-order valence-corrected chi connectivity index (χ2v) is 6.71. The van der Waals surface area contributed by atoms with Crippen molar-refractivity contribution in [1.29, 1.82) is 0 Å². The molecule has 0 amide bonds. The molecular weight excluding hydrogens is 240 g/mol. The van der Waals surface area contributed by atoms with E-state index in [4.69, 9.17) is 0 Å². The quantitative estimate of drug-likeness (QED) is 0.539. The highest BCUT2D eigenvalue weighted by Crippen LogP contribution is 2.17. The van der Waals surface area contributed by atoms with Crippen molar-refractivity contribution in [3.63, 3.8) is 0 Å². The van der Waals surface area contributed by atoms with E-state index >= 15 is 0 Å². The van der Waals surface area contributed by atoms with Crippen molar-refractivity contribution in [3.05, 3.63) is 12.7 Å². The summed E-state index contributed by atoms with van der Waals surface area (Å²) >= 11 is 2.00. The third-order valence-electron chi connectivity index (χ3n) is 3.70. The molecule has 0 aromatic heterocycles. The Kier molecular flexibility index (Phi) is 8.03. The Labute approximate surface area is 118 Å². The summed E-state index contributed by atoms with van der Waals surface area (Å²) in [4.78, 5) is 2.71. The number of piperazine rings is 1. The average molecular weight is 270 g/mol. The van der Waals surface area contributed by atoms with E-state index in [2.05, 4.69) is 37.6 Å². The maximum Gasteiger partial charge on any atom is 0.0244 e. The summed E-state index contributed by atoms with van der Waals surface area (Å²) in [6, 6.07) is 1.41. The molecule has 1 aliphatic heterocycles. The standard InChI is InChI=1S/C15H30N2S/c1-5-7-14-12-17(8-10-18-9-6-2)15(11-16-14)13(3)4/h6,13-16H,2,5,7-12H2,1,3-4H3. The first-order valence-corrected chi connectivity index (χ1v) is 8.50. The highest BCUT2D eigenvalue weighted by Gasteiger charge is 2.28. The van der Waals surface area contributed by atoms with E-state index in [1.54, 1.807) is 0 Å². The van der Waals surface area contributed by atoms with Gasteiger partial charge in [-0.2, -0.15) is 11.8 Å². The molecule has 0 aromatic carbocycles. The van der Waals surface area contributed by atoms with Gasteiger partial charge in [0.15, 0.2) is 0 Å². The molecular formula is C15H30N2S. The van der Waals surface area contributed by atoms with Crippen molar-refractivity contribution >= 4 is 11.8 Å². The Hall–Kier alpha value is 0.01000. The Bertz CT molecular complexity index is 231. The zero-order chi connectivity index (χ0) is 13.4. The van der Waals surface area contributed by atoms with Crippen molar-refractivity contribution in [2.75, 3.05) is 31.1 Å². The van der Waals surface area contributed by atoms with Crippen LogP contribution in [0.5, 0.6) is 0 Å². The molecule has 1 aliphatic rings. The van der Waals surface area contributed by atoms with E-state index in [1.165, 1.54) is 31.7 Å². The highest BCUT2D eigenvalue weighted by molar-refractivity contribution is 7.99. The van der Waals surface area contributed by atoms with Crippen molar-refractivity contribution < 1.29 is 0 Å². The Morgan fingerprint density at radius 1 is 1.50 bits per heavy atom. The van der Waals surface area contributed by atoms with Gasteiger partial charge in [-0.05, 0) is 12.3 Å². The molecule has 2 atom stereocenters. The summed E-state index contributed by atoms with van der Waals surface area (Å²) in [6.45, 7) is 14.4. The minimum Gasteiger partial charge on any atom is -0.311 e. The molecule has 2 nitrogen and oxygen atoms in total. The first-order valence-electron chi connectivity index (χ1n) is 7.35. The van der Waals surface area contributed by atoms with Crippen molar-refractivity contribution in [3.8, 4) is 0 Å². The second kappa shape index (κ2) is 9.00. The molecule has 1 saturated heterocycles. The van der Waals surface area contributed by atoms with Gasteiger partial charge in [-0.1, -0.05) is 33.3 Å². The largest absolute Gasteiger partial charge is 0.311 e. The van der Waals surface area contributed by atoms with Crippen molar-refractivity contribution in [2.45, 2.75) is 45.7 Å². The molecule has 0 spiro atoms. The highest BCUT2D eigenvalue weighted by atomic mass is 32.2. The van der Waals surface area contributed by atoms with Crippen LogP contribution in [0, 0.1) is 5.92 Å². The van der Waals surface area contributed by atoms with E-state index in [1.807, 2.05) is 17.8 Å². The minimum atomic E-state index is 0.703. The van der Waals surface area contributed by atoms with Crippen molar-refractivity contribution in [2.24, 2.45) is 5.92 Å². The van der Waals surface area contributed by atoms with Crippen LogP contribution in [-0.2, 0) is 0 Å². The van der Waals surface area contributed by atoms with Crippen LogP contribution in [0.15, 0.2) is 12.7 Å². The number of hydrogen-bond donors (Lipinski definition) is 1. The van der Waals surface area contributed by atoms with Gasteiger partial charge in [0.2, 0.25) is 0 Å². The number of nitrogens with one attached hydrogen (secondary N) is 1. The lowest BCUT2D eigenvalue weighted by Crippen LogP contribution is -2.58. The van der Waals surface area contributed by atoms with E-state index in [0.29, 0.717) is 12.1 Å². The van der Waals surface area contributed by atoms with Crippen LogP contribution < -0.4 is 5.32 Å². The number of thioether (sulfide) groups is 1. The number of nitrogens with zero attached hydrogens (tertiary/aromatic N) is 1. The lowest BCUT2D eigenvalue weighted by Gasteiger charge is -2.42. The molecule has 0 saturated carbocycles. The SMILES string of the molecule is C=CCSCCN1CC(CCC)NCC1C(C)C. The van der Waals surface area contributed by atoms with E-state index in [9.17, 15) is 0 Å². The van der Waals surface area contributed by atoms with E-state index in [0.717, 1.165) is 18.2 Å². The third-order valence-corrected chi connectivity index (χ3v) is 4.65. The smallest absolute Gasteiger partial charge is 0.0244 e. The molecule has 0 radical (unpaired) electrons. The van der Waals surface area contributed by atoms with Gasteiger partial charge in [0.05, 0.1) is 0 Å². The molecule has 0 aliphatic carbocycles. The van der Waals surface area contributed by atoms with Crippen LogP contribution in [-0.4, -0.2) is 48.1 Å². The Morgan fingerprint density at radius 2 is 2.28 bits per heavy atom. The van der Waals surface area contributed by atoms with Crippen LogP contribution in [0.4, 0.5) is 0 Å². The molecule has 3 heteroatoms. The van der Waals surface area contributed by atoms with Gasteiger partial charge in [-0.25, -0.2) is 0 Å².